The van der Waals surface area contributed by atoms with Crippen molar-refractivity contribution in [2.45, 2.75) is 0 Å². The van der Waals surface area contributed by atoms with Crippen LogP contribution in [-0.4, -0.2) is 15.0 Å². The Kier molecular flexibility index (Phi) is 5.78. The minimum atomic E-state index is 0.606. The largest absolute Gasteiger partial charge is 0.456 e. The Labute approximate surface area is 259 Å². The molecule has 0 atom stereocenters. The van der Waals surface area contributed by atoms with Crippen molar-refractivity contribution < 1.29 is 4.42 Å². The first kappa shape index (κ1) is 25.4. The van der Waals surface area contributed by atoms with Gasteiger partial charge in [-0.3, -0.25) is 0 Å². The van der Waals surface area contributed by atoms with Crippen molar-refractivity contribution >= 4 is 43.5 Å². The third kappa shape index (κ3) is 4.27. The van der Waals surface area contributed by atoms with Crippen LogP contribution in [0.3, 0.4) is 0 Å². The van der Waals surface area contributed by atoms with Crippen molar-refractivity contribution in [2.75, 3.05) is 0 Å². The van der Waals surface area contributed by atoms with E-state index in [0.717, 1.165) is 60.5 Å². The van der Waals surface area contributed by atoms with E-state index in [0.29, 0.717) is 17.5 Å². The molecule has 4 heteroatoms. The van der Waals surface area contributed by atoms with Crippen LogP contribution in [0.4, 0.5) is 0 Å². The average molecular weight is 576 g/mol. The number of furan rings is 1. The Morgan fingerprint density at radius 2 is 1.00 bits per heavy atom. The van der Waals surface area contributed by atoms with Gasteiger partial charge in [-0.05, 0) is 56.9 Å². The molecule has 0 bridgehead atoms. The highest BCUT2D eigenvalue weighted by Gasteiger charge is 2.19. The lowest BCUT2D eigenvalue weighted by Gasteiger charge is -2.12. The first-order valence-electron chi connectivity index (χ1n) is 15.0. The Balaban J connectivity index is 1.33. The molecule has 9 aromatic rings. The minimum Gasteiger partial charge on any atom is -0.456 e. The SMILES string of the molecule is c1ccc(-c2ccc3oc4cccc(-c5nc(-c6ccccc6)nc(-c6cc7ccccc7c7ccccc67)n5)c4c3c2)cc1. The second kappa shape index (κ2) is 10.2. The molecule has 0 aliphatic heterocycles. The molecule has 0 N–H and O–H groups in total. The molecule has 4 nitrogen and oxygen atoms in total. The Morgan fingerprint density at radius 1 is 0.356 bits per heavy atom. The topological polar surface area (TPSA) is 51.8 Å². The Morgan fingerprint density at radius 3 is 1.80 bits per heavy atom. The van der Waals surface area contributed by atoms with E-state index >= 15 is 0 Å². The molecule has 7 aromatic carbocycles. The molecule has 2 heterocycles. The van der Waals surface area contributed by atoms with E-state index in [4.69, 9.17) is 19.4 Å². The molecule has 0 aliphatic rings. The first-order chi connectivity index (χ1) is 22.3. The van der Waals surface area contributed by atoms with Gasteiger partial charge in [0, 0.05) is 27.5 Å². The van der Waals surface area contributed by atoms with Crippen LogP contribution in [0.5, 0.6) is 0 Å². The number of hydrogen-bond donors (Lipinski definition) is 0. The molecule has 0 aliphatic carbocycles. The van der Waals surface area contributed by atoms with Gasteiger partial charge in [0.15, 0.2) is 17.5 Å². The summed E-state index contributed by atoms with van der Waals surface area (Å²) in [6.45, 7) is 0. The lowest BCUT2D eigenvalue weighted by Crippen LogP contribution is -2.01. The highest BCUT2D eigenvalue weighted by Crippen LogP contribution is 2.39. The summed E-state index contributed by atoms with van der Waals surface area (Å²) in [6.07, 6.45) is 0. The Hall–Kier alpha value is -6.13. The maximum Gasteiger partial charge on any atom is 0.164 e. The van der Waals surface area contributed by atoms with E-state index in [-0.39, 0.29) is 0 Å². The zero-order valence-corrected chi connectivity index (χ0v) is 24.2. The van der Waals surface area contributed by atoms with Crippen molar-refractivity contribution in [1.82, 2.24) is 15.0 Å². The van der Waals surface area contributed by atoms with Crippen LogP contribution in [-0.2, 0) is 0 Å². The van der Waals surface area contributed by atoms with Crippen LogP contribution in [0.25, 0.3) is 88.8 Å². The number of benzene rings is 7. The fourth-order valence-corrected chi connectivity index (χ4v) is 6.40. The van der Waals surface area contributed by atoms with E-state index in [1.165, 1.54) is 10.8 Å². The summed E-state index contributed by atoms with van der Waals surface area (Å²) < 4.78 is 6.37. The van der Waals surface area contributed by atoms with E-state index in [1.807, 2.05) is 48.5 Å². The zero-order valence-electron chi connectivity index (χ0n) is 24.2. The van der Waals surface area contributed by atoms with Gasteiger partial charge in [0.2, 0.25) is 0 Å². The summed E-state index contributed by atoms with van der Waals surface area (Å²) in [4.78, 5) is 15.4. The van der Waals surface area contributed by atoms with Crippen LogP contribution in [0.2, 0.25) is 0 Å². The molecule has 9 rings (SSSR count). The van der Waals surface area contributed by atoms with Crippen molar-refractivity contribution in [2.24, 2.45) is 0 Å². The van der Waals surface area contributed by atoms with Gasteiger partial charge in [-0.1, -0.05) is 127 Å². The molecular formula is C41H25N3O. The molecule has 0 amide bonds. The second-order valence-corrected chi connectivity index (χ2v) is 11.2. The van der Waals surface area contributed by atoms with Crippen LogP contribution in [0, 0.1) is 0 Å². The average Bonchev–Trinajstić information content (AvgIpc) is 3.50. The molecule has 45 heavy (non-hydrogen) atoms. The highest BCUT2D eigenvalue weighted by molar-refractivity contribution is 6.14. The zero-order chi connectivity index (χ0) is 29.7. The van der Waals surface area contributed by atoms with Gasteiger partial charge in [-0.2, -0.15) is 0 Å². The standard InChI is InChI=1S/C41H25N3O/c1-3-12-26(13-4-1)28-22-23-36-35(24-28)38-33(20-11-21-37(38)45-36)40-42-39(27-14-5-2-6-15-27)43-41(44-40)34-25-29-16-7-8-17-30(29)31-18-9-10-19-32(31)34/h1-25H. The van der Waals surface area contributed by atoms with Crippen molar-refractivity contribution in [1.29, 1.82) is 0 Å². The van der Waals surface area contributed by atoms with Gasteiger partial charge >= 0.3 is 0 Å². The maximum absolute atomic E-state index is 6.37. The maximum atomic E-state index is 6.37. The molecule has 0 unspecified atom stereocenters. The minimum absolute atomic E-state index is 0.606. The quantitative estimate of drug-likeness (QED) is 0.196. The molecule has 210 valence electrons. The van der Waals surface area contributed by atoms with Crippen molar-refractivity contribution in [3.05, 3.63) is 152 Å². The van der Waals surface area contributed by atoms with E-state index < -0.39 is 0 Å². The van der Waals surface area contributed by atoms with Crippen LogP contribution >= 0.6 is 0 Å². The number of fused-ring (bicyclic) bond motifs is 6. The number of rotatable bonds is 4. The Bertz CT molecular complexity index is 2540. The van der Waals surface area contributed by atoms with E-state index in [9.17, 15) is 0 Å². The smallest absolute Gasteiger partial charge is 0.164 e. The van der Waals surface area contributed by atoms with E-state index in [2.05, 4.69) is 103 Å². The van der Waals surface area contributed by atoms with Gasteiger partial charge in [-0.15, -0.1) is 0 Å². The van der Waals surface area contributed by atoms with Gasteiger partial charge < -0.3 is 4.42 Å². The first-order valence-corrected chi connectivity index (χ1v) is 15.0. The van der Waals surface area contributed by atoms with E-state index in [1.54, 1.807) is 0 Å². The molecule has 0 saturated carbocycles. The third-order valence-electron chi connectivity index (χ3n) is 8.52. The highest BCUT2D eigenvalue weighted by atomic mass is 16.3. The van der Waals surface area contributed by atoms with Gasteiger partial charge in [-0.25, -0.2) is 15.0 Å². The summed E-state index contributed by atoms with van der Waals surface area (Å²) in [5.74, 6) is 1.87. The summed E-state index contributed by atoms with van der Waals surface area (Å²) in [7, 11) is 0. The van der Waals surface area contributed by atoms with Gasteiger partial charge in [0.1, 0.15) is 11.2 Å². The summed E-state index contributed by atoms with van der Waals surface area (Å²) >= 11 is 0. The second-order valence-electron chi connectivity index (χ2n) is 11.2. The number of hydrogen-bond acceptors (Lipinski definition) is 4. The van der Waals surface area contributed by atoms with Crippen LogP contribution < -0.4 is 0 Å². The lowest BCUT2D eigenvalue weighted by molar-refractivity contribution is 0.669. The van der Waals surface area contributed by atoms with Crippen LogP contribution in [0.1, 0.15) is 0 Å². The van der Waals surface area contributed by atoms with Crippen molar-refractivity contribution in [3.8, 4) is 45.3 Å². The molecular weight excluding hydrogens is 550 g/mol. The molecule has 0 saturated heterocycles. The summed E-state index contributed by atoms with van der Waals surface area (Å²) in [5.41, 5.74) is 6.72. The fourth-order valence-electron chi connectivity index (χ4n) is 6.40. The third-order valence-corrected chi connectivity index (χ3v) is 8.52. The van der Waals surface area contributed by atoms with Crippen molar-refractivity contribution in [3.63, 3.8) is 0 Å². The normalized spacial score (nSPS) is 11.6. The van der Waals surface area contributed by atoms with Crippen LogP contribution in [0.15, 0.2) is 156 Å². The molecule has 0 radical (unpaired) electrons. The monoisotopic (exact) mass is 575 g/mol. The summed E-state index contributed by atoms with van der Waals surface area (Å²) in [6, 6.07) is 52.2. The fraction of sp³-hybridized carbons (Fsp3) is 0. The van der Waals surface area contributed by atoms with Gasteiger partial charge in [0.05, 0.1) is 0 Å². The predicted octanol–water partition coefficient (Wildman–Crippen LogP) is 10.7. The molecule has 0 spiro atoms. The summed E-state index contributed by atoms with van der Waals surface area (Å²) in [5, 5.41) is 6.65. The number of nitrogens with zero attached hydrogens (tertiary/aromatic N) is 3. The molecule has 0 fully saturated rings. The van der Waals surface area contributed by atoms with Gasteiger partial charge in [0.25, 0.3) is 0 Å². The number of aromatic nitrogens is 3. The lowest BCUT2D eigenvalue weighted by atomic mass is 9.96. The predicted molar refractivity (Wildman–Crippen MR) is 184 cm³/mol. The molecule has 2 aromatic heterocycles.